The summed E-state index contributed by atoms with van der Waals surface area (Å²) in [7, 11) is 1.87. The van der Waals surface area contributed by atoms with Crippen LogP contribution in [-0.2, 0) is 9.59 Å². The molecule has 0 spiro atoms. The van der Waals surface area contributed by atoms with Crippen molar-refractivity contribution >= 4 is 21.1 Å². The average molecular weight is 506 g/mol. The molecule has 0 bridgehead atoms. The van der Waals surface area contributed by atoms with Gasteiger partial charge in [-0.15, -0.1) is 4.91 Å². The highest BCUT2D eigenvalue weighted by Gasteiger charge is 2.56. The van der Waals surface area contributed by atoms with Crippen molar-refractivity contribution < 1.29 is 23.5 Å². The van der Waals surface area contributed by atoms with Gasteiger partial charge in [0, 0.05) is 11.2 Å². The molecule has 10 heteroatoms. The van der Waals surface area contributed by atoms with Gasteiger partial charge in [-0.1, -0.05) is 45.1 Å². The molecule has 190 valence electrons. The van der Waals surface area contributed by atoms with Crippen LogP contribution in [0.25, 0.3) is 0 Å². The number of hydrogen-bond donors (Lipinski definition) is 1. The second-order valence-electron chi connectivity index (χ2n) is 8.83. The summed E-state index contributed by atoms with van der Waals surface area (Å²) in [6.07, 6.45) is 6.79. The molecular weight excluding hydrogens is 472 g/mol. The van der Waals surface area contributed by atoms with Crippen LogP contribution in [0.15, 0.2) is 47.2 Å². The second kappa shape index (κ2) is 11.0. The number of alkyl halides is 1. The fourth-order valence-electron chi connectivity index (χ4n) is 4.80. The zero-order valence-corrected chi connectivity index (χ0v) is 21.8. The van der Waals surface area contributed by atoms with Gasteiger partial charge >= 0.3 is 11.7 Å². The monoisotopic (exact) mass is 505 g/mol. The van der Waals surface area contributed by atoms with E-state index in [0.29, 0.717) is 12.2 Å². The summed E-state index contributed by atoms with van der Waals surface area (Å²) in [4.78, 5) is 38.4. The summed E-state index contributed by atoms with van der Waals surface area (Å²) in [5, 5.41) is 6.01. The number of likely N-dealkylation sites (tertiary alicyclic amines) is 1. The van der Waals surface area contributed by atoms with Crippen molar-refractivity contribution in [1.82, 2.24) is 10.2 Å². The Morgan fingerprint density at radius 1 is 1.31 bits per heavy atom. The van der Waals surface area contributed by atoms with E-state index in [1.807, 2.05) is 55.2 Å². The molecule has 35 heavy (non-hydrogen) atoms. The molecule has 2 aliphatic heterocycles. The topological polar surface area (TPSA) is 97.3 Å². The molecule has 0 radical (unpaired) electrons. The summed E-state index contributed by atoms with van der Waals surface area (Å²) in [6, 6.07) is 3.93. The van der Waals surface area contributed by atoms with Crippen LogP contribution in [0.1, 0.15) is 59.1 Å². The lowest BCUT2D eigenvalue weighted by Crippen LogP contribution is -2.70. The van der Waals surface area contributed by atoms with Gasteiger partial charge in [-0.3, -0.25) is 14.9 Å². The Bertz CT molecular complexity index is 1040. The third-order valence-corrected chi connectivity index (χ3v) is 6.84. The fourth-order valence-corrected chi connectivity index (χ4v) is 5.05. The van der Waals surface area contributed by atoms with Crippen molar-refractivity contribution in [2.45, 2.75) is 71.5 Å². The van der Waals surface area contributed by atoms with Gasteiger partial charge in [0.05, 0.1) is 12.1 Å². The van der Waals surface area contributed by atoms with Gasteiger partial charge in [-0.2, -0.15) is 4.39 Å². The van der Waals surface area contributed by atoms with E-state index in [0.717, 1.165) is 17.6 Å². The molecule has 7 atom stereocenters. The maximum Gasteiger partial charge on any atom is 0.418 e. The first-order valence-corrected chi connectivity index (χ1v) is 12.4. The number of hydrogen-bond acceptors (Lipinski definition) is 6. The minimum atomic E-state index is -2.30. The molecule has 0 aromatic heterocycles. The average Bonchev–Trinajstić information content (AvgIpc) is 3.13. The number of carbonyl (C=O) groups excluding carboxylic acids is 2. The molecule has 0 aliphatic carbocycles. The molecule has 1 aromatic rings. The Labute approximate surface area is 207 Å². The number of benzene rings is 1. The Kier molecular flexibility index (Phi) is 8.44. The number of fused-ring (bicyclic) bond motifs is 1. The third kappa shape index (κ3) is 5.46. The number of nitrogens with one attached hydrogen (secondary N) is 1. The van der Waals surface area contributed by atoms with E-state index in [1.165, 1.54) is 4.90 Å². The van der Waals surface area contributed by atoms with Gasteiger partial charge in [-0.25, -0.2) is 0 Å². The first-order valence-electron chi connectivity index (χ1n) is 11.9. The van der Waals surface area contributed by atoms with E-state index in [2.05, 4.69) is 10.5 Å². The van der Waals surface area contributed by atoms with Gasteiger partial charge in [0.2, 0.25) is 5.91 Å². The molecule has 2 amide bonds. The summed E-state index contributed by atoms with van der Waals surface area (Å²) in [5.41, 5.74) is 1.73. The first kappa shape index (κ1) is 27.0. The van der Waals surface area contributed by atoms with Crippen LogP contribution in [-0.4, -0.2) is 34.7 Å². The van der Waals surface area contributed by atoms with Gasteiger partial charge in [0.15, 0.2) is 11.5 Å². The van der Waals surface area contributed by atoms with Crippen LogP contribution in [0.2, 0.25) is 0 Å². The SMILES string of the molecule is C/C=C(\C=C/CC)C(C)[C@H]1C(=O)N(C(C)NC(CC)c2ccc3c(c2)OC(F)(P)O3)C1C(=O)N=O. The number of carbonyl (C=O) groups is 2. The van der Waals surface area contributed by atoms with Crippen molar-refractivity contribution in [3.63, 3.8) is 0 Å². The van der Waals surface area contributed by atoms with E-state index in [1.54, 1.807) is 25.1 Å². The Morgan fingerprint density at radius 2 is 2.00 bits per heavy atom. The highest BCUT2D eigenvalue weighted by molar-refractivity contribution is 7.18. The zero-order chi connectivity index (χ0) is 25.9. The van der Waals surface area contributed by atoms with Crippen LogP contribution >= 0.6 is 9.24 Å². The summed E-state index contributed by atoms with van der Waals surface area (Å²) >= 11 is 0. The molecule has 0 saturated carbocycles. The third-order valence-electron chi connectivity index (χ3n) is 6.60. The van der Waals surface area contributed by atoms with Crippen molar-refractivity contribution in [2.24, 2.45) is 17.0 Å². The number of β-lactam (4-membered cyclic amide) rings is 1. The van der Waals surface area contributed by atoms with Crippen LogP contribution in [0, 0.1) is 16.7 Å². The van der Waals surface area contributed by atoms with Gasteiger partial charge in [0.25, 0.3) is 0 Å². The smallest absolute Gasteiger partial charge is 0.418 e. The Hall–Kier alpha value is -2.64. The van der Waals surface area contributed by atoms with Crippen LogP contribution < -0.4 is 14.8 Å². The van der Waals surface area contributed by atoms with Crippen molar-refractivity contribution in [2.75, 3.05) is 0 Å². The first-order chi connectivity index (χ1) is 16.6. The molecule has 1 N–H and O–H groups in total. The summed E-state index contributed by atoms with van der Waals surface area (Å²) in [5.74, 6) is -3.72. The molecular formula is C25H33FN3O5P. The van der Waals surface area contributed by atoms with E-state index >= 15 is 0 Å². The molecule has 2 aliphatic rings. The maximum absolute atomic E-state index is 14.0. The lowest BCUT2D eigenvalue weighted by Gasteiger charge is -2.51. The predicted octanol–water partition coefficient (Wildman–Crippen LogP) is 4.97. The van der Waals surface area contributed by atoms with E-state index < -0.39 is 29.8 Å². The van der Waals surface area contributed by atoms with Crippen LogP contribution in [0.4, 0.5) is 4.39 Å². The Morgan fingerprint density at radius 3 is 2.60 bits per heavy atom. The highest BCUT2D eigenvalue weighted by Crippen LogP contribution is 2.44. The number of amides is 2. The van der Waals surface area contributed by atoms with Crippen LogP contribution in [0.3, 0.4) is 0 Å². The summed E-state index contributed by atoms with van der Waals surface area (Å²) in [6.45, 7) is 9.51. The number of nitrogens with zero attached hydrogens (tertiary/aromatic N) is 2. The molecule has 1 saturated heterocycles. The number of ether oxygens (including phenoxy) is 2. The fraction of sp³-hybridized carbons (Fsp3) is 0.520. The van der Waals surface area contributed by atoms with Crippen molar-refractivity contribution in [1.29, 1.82) is 0 Å². The van der Waals surface area contributed by atoms with Crippen molar-refractivity contribution in [3.8, 4) is 11.5 Å². The molecule has 6 unspecified atom stereocenters. The molecule has 8 nitrogen and oxygen atoms in total. The second-order valence-corrected chi connectivity index (χ2v) is 9.52. The summed E-state index contributed by atoms with van der Waals surface area (Å²) < 4.78 is 24.3. The molecule has 3 rings (SSSR count). The van der Waals surface area contributed by atoms with Crippen LogP contribution in [0.5, 0.6) is 11.5 Å². The number of rotatable bonds is 10. The largest absolute Gasteiger partial charge is 0.420 e. The highest BCUT2D eigenvalue weighted by atomic mass is 31.0. The number of nitroso groups, excluding NO2 is 1. The molecule has 2 heterocycles. The lowest BCUT2D eigenvalue weighted by molar-refractivity contribution is -0.170. The molecule has 1 fully saturated rings. The van der Waals surface area contributed by atoms with E-state index in [4.69, 9.17) is 9.47 Å². The lowest BCUT2D eigenvalue weighted by atomic mass is 9.74. The normalized spacial score (nSPS) is 26.4. The maximum atomic E-state index is 14.0. The van der Waals surface area contributed by atoms with E-state index in [9.17, 15) is 18.9 Å². The predicted molar refractivity (Wildman–Crippen MR) is 134 cm³/mol. The zero-order valence-electron chi connectivity index (χ0n) is 20.7. The standard InChI is InChI=1S/C25H33FN3O5P/c1-6-9-10-16(7-2)14(4)21-22(23(30)28-32)29(24(21)31)15(5)27-18(8-3)17-11-12-19-20(13-17)34-25(26,35)33-19/h7,9-15,18,21-22,27H,6,8,35H2,1-5H3/b10-9-,16-7+/t14?,15?,18?,21-,22?,25?/m1/s1. The van der Waals surface area contributed by atoms with Gasteiger partial charge < -0.3 is 14.4 Å². The Balaban J connectivity index is 1.79. The molecule has 1 aromatic carbocycles. The number of allylic oxidation sites excluding steroid dienone is 4. The quantitative estimate of drug-likeness (QED) is 0.209. The van der Waals surface area contributed by atoms with Crippen molar-refractivity contribution in [3.05, 3.63) is 52.5 Å². The van der Waals surface area contributed by atoms with Gasteiger partial charge in [0.1, 0.15) is 6.04 Å². The minimum Gasteiger partial charge on any atom is -0.420 e. The number of halogens is 1. The van der Waals surface area contributed by atoms with Gasteiger partial charge in [-0.05, 0) is 65.1 Å². The van der Waals surface area contributed by atoms with E-state index in [-0.39, 0.29) is 23.6 Å². The minimum absolute atomic E-state index is 0.213.